The van der Waals surface area contributed by atoms with Gasteiger partial charge in [-0.3, -0.25) is 24.0 Å². The van der Waals surface area contributed by atoms with Gasteiger partial charge in [-0.2, -0.15) is 0 Å². The molecule has 3 aromatic rings. The minimum atomic E-state index is -4.62. The largest absolute Gasteiger partial charge is 0.497 e. The van der Waals surface area contributed by atoms with Gasteiger partial charge in [0, 0.05) is 30.2 Å². The molecule has 0 saturated carbocycles. The summed E-state index contributed by atoms with van der Waals surface area (Å²) < 4.78 is 39.7. The monoisotopic (exact) mass is 632 g/mol. The van der Waals surface area contributed by atoms with Gasteiger partial charge in [-0.05, 0) is 55.3 Å². The highest BCUT2D eigenvalue weighted by atomic mass is 35.5. The SMILES string of the molecule is CC[C@H](C(=O)NC)N(Cc1ccc(OC)cc1)C(=O)CN(c1cc(Cl)ccc1OC)S(=O)(=O)c1ccc(C)c([N+](=O)[O-])c1. The second-order valence-corrected chi connectivity index (χ2v) is 11.7. The first kappa shape index (κ1) is 33.1. The second kappa shape index (κ2) is 14.2. The molecule has 1 N–H and O–H groups in total. The molecule has 0 aromatic heterocycles. The molecular formula is C29H33ClN4O8S. The Labute approximate surface area is 255 Å². The topological polar surface area (TPSA) is 148 Å². The maximum atomic E-state index is 14.2. The van der Waals surface area contributed by atoms with E-state index < -0.39 is 49.9 Å². The minimum absolute atomic E-state index is 0.0225. The molecule has 14 heteroatoms. The highest BCUT2D eigenvalue weighted by Gasteiger charge is 2.35. The number of nitrogens with zero attached hydrogens (tertiary/aromatic N) is 3. The van der Waals surface area contributed by atoms with E-state index in [0.717, 1.165) is 10.4 Å². The zero-order valence-corrected chi connectivity index (χ0v) is 25.9. The summed E-state index contributed by atoms with van der Waals surface area (Å²) in [6.45, 7) is 2.42. The maximum Gasteiger partial charge on any atom is 0.273 e. The summed E-state index contributed by atoms with van der Waals surface area (Å²) in [6.07, 6.45) is 0.235. The van der Waals surface area contributed by atoms with Gasteiger partial charge in [0.1, 0.15) is 24.1 Å². The molecule has 230 valence electrons. The van der Waals surface area contributed by atoms with Gasteiger partial charge in [0.25, 0.3) is 15.7 Å². The first-order chi connectivity index (χ1) is 20.4. The van der Waals surface area contributed by atoms with Crippen LogP contribution in [0.25, 0.3) is 0 Å². The molecule has 0 radical (unpaired) electrons. The van der Waals surface area contributed by atoms with Crippen LogP contribution in [0.2, 0.25) is 5.02 Å². The molecule has 1 atom stereocenters. The molecule has 0 heterocycles. The third-order valence-corrected chi connectivity index (χ3v) is 8.79. The third kappa shape index (κ3) is 7.54. The lowest BCUT2D eigenvalue weighted by atomic mass is 10.1. The van der Waals surface area contributed by atoms with Crippen LogP contribution in [0.3, 0.4) is 0 Å². The number of halogens is 1. The van der Waals surface area contributed by atoms with Crippen molar-refractivity contribution in [1.82, 2.24) is 10.2 Å². The van der Waals surface area contributed by atoms with Gasteiger partial charge in [-0.1, -0.05) is 36.7 Å². The average Bonchev–Trinajstić information content (AvgIpc) is 2.99. The Kier molecular flexibility index (Phi) is 11.0. The van der Waals surface area contributed by atoms with E-state index in [-0.39, 0.29) is 35.0 Å². The van der Waals surface area contributed by atoms with E-state index >= 15 is 0 Å². The fourth-order valence-corrected chi connectivity index (χ4v) is 6.06. The molecule has 0 saturated heterocycles. The van der Waals surface area contributed by atoms with Crippen LogP contribution in [-0.4, -0.2) is 63.9 Å². The van der Waals surface area contributed by atoms with Gasteiger partial charge in [-0.25, -0.2) is 8.42 Å². The van der Waals surface area contributed by atoms with E-state index in [9.17, 15) is 28.1 Å². The summed E-state index contributed by atoms with van der Waals surface area (Å²) in [5, 5.41) is 14.3. The minimum Gasteiger partial charge on any atom is -0.497 e. The number of hydrogen-bond acceptors (Lipinski definition) is 8. The molecule has 0 aliphatic carbocycles. The van der Waals surface area contributed by atoms with Gasteiger partial charge in [0.05, 0.1) is 29.7 Å². The van der Waals surface area contributed by atoms with Crippen molar-refractivity contribution in [3.8, 4) is 11.5 Å². The van der Waals surface area contributed by atoms with Crippen LogP contribution in [0.5, 0.6) is 11.5 Å². The Balaban J connectivity index is 2.18. The van der Waals surface area contributed by atoms with E-state index in [1.807, 2.05) is 0 Å². The van der Waals surface area contributed by atoms with Crippen LogP contribution in [0, 0.1) is 17.0 Å². The van der Waals surface area contributed by atoms with Gasteiger partial charge < -0.3 is 19.7 Å². The predicted molar refractivity (Wildman–Crippen MR) is 162 cm³/mol. The van der Waals surface area contributed by atoms with Crippen molar-refractivity contribution < 1.29 is 32.4 Å². The second-order valence-electron chi connectivity index (χ2n) is 9.44. The zero-order chi connectivity index (χ0) is 31.9. The number of anilines is 1. The number of nitro benzene ring substituents is 1. The van der Waals surface area contributed by atoms with E-state index in [4.69, 9.17) is 21.1 Å². The Hall–Kier alpha value is -4.36. The molecule has 0 spiro atoms. The first-order valence-electron chi connectivity index (χ1n) is 13.1. The molecule has 0 aliphatic rings. The van der Waals surface area contributed by atoms with E-state index in [1.165, 1.54) is 63.4 Å². The highest BCUT2D eigenvalue weighted by Crippen LogP contribution is 2.36. The maximum absolute atomic E-state index is 14.2. The molecule has 0 aliphatic heterocycles. The van der Waals surface area contributed by atoms with Crippen molar-refractivity contribution in [2.45, 2.75) is 37.8 Å². The van der Waals surface area contributed by atoms with Crippen molar-refractivity contribution in [3.63, 3.8) is 0 Å². The van der Waals surface area contributed by atoms with Crippen molar-refractivity contribution in [3.05, 3.63) is 86.9 Å². The Morgan fingerprint density at radius 2 is 1.72 bits per heavy atom. The van der Waals surface area contributed by atoms with Gasteiger partial charge in [0.2, 0.25) is 11.8 Å². The molecule has 2 amide bonds. The number of nitrogens with one attached hydrogen (secondary N) is 1. The molecule has 12 nitrogen and oxygen atoms in total. The smallest absolute Gasteiger partial charge is 0.273 e. The van der Waals surface area contributed by atoms with Gasteiger partial charge in [0.15, 0.2) is 0 Å². The van der Waals surface area contributed by atoms with Crippen LogP contribution >= 0.6 is 11.6 Å². The number of amides is 2. The number of carbonyl (C=O) groups is 2. The predicted octanol–water partition coefficient (Wildman–Crippen LogP) is 4.32. The quantitative estimate of drug-likeness (QED) is 0.216. The lowest BCUT2D eigenvalue weighted by molar-refractivity contribution is -0.385. The summed E-state index contributed by atoms with van der Waals surface area (Å²) in [5.74, 6) is -0.466. The number of methoxy groups -OCH3 is 2. The van der Waals surface area contributed by atoms with Crippen molar-refractivity contribution in [1.29, 1.82) is 0 Å². The number of benzene rings is 3. The molecule has 43 heavy (non-hydrogen) atoms. The summed E-state index contributed by atoms with van der Waals surface area (Å²) in [6, 6.07) is 13.7. The summed E-state index contributed by atoms with van der Waals surface area (Å²) in [5.41, 5.74) is 0.454. The Morgan fingerprint density at radius 3 is 2.28 bits per heavy atom. The fraction of sp³-hybridized carbons (Fsp3) is 0.310. The normalized spacial score (nSPS) is 11.8. The van der Waals surface area contributed by atoms with E-state index in [1.54, 1.807) is 31.2 Å². The third-order valence-electron chi connectivity index (χ3n) is 6.80. The highest BCUT2D eigenvalue weighted by molar-refractivity contribution is 7.92. The number of aryl methyl sites for hydroxylation is 1. The number of sulfonamides is 1. The van der Waals surface area contributed by atoms with Crippen molar-refractivity contribution in [2.24, 2.45) is 0 Å². The van der Waals surface area contributed by atoms with Gasteiger partial charge >= 0.3 is 0 Å². The number of carbonyl (C=O) groups excluding carboxylic acids is 2. The number of ether oxygens (including phenoxy) is 2. The summed E-state index contributed by atoms with van der Waals surface area (Å²) in [4.78, 5) is 38.8. The lowest BCUT2D eigenvalue weighted by Gasteiger charge is -2.33. The average molecular weight is 633 g/mol. The summed E-state index contributed by atoms with van der Waals surface area (Å²) in [7, 11) is -0.333. The molecule has 3 aromatic carbocycles. The zero-order valence-electron chi connectivity index (χ0n) is 24.4. The first-order valence-corrected chi connectivity index (χ1v) is 14.9. The Bertz CT molecular complexity index is 1600. The standard InChI is InChI=1S/C29H33ClN4O8S/c1-6-24(29(36)31-3)32(17-20-8-11-22(41-4)12-9-20)28(35)18-33(26-15-21(30)10-14-27(26)42-5)43(39,40)23-13-7-19(2)25(16-23)34(37)38/h7-16,24H,6,17-18H2,1-5H3,(H,31,36)/t24-/m1/s1. The van der Waals surface area contributed by atoms with Gasteiger partial charge in [-0.15, -0.1) is 0 Å². The number of nitro groups is 1. The number of hydrogen-bond donors (Lipinski definition) is 1. The fourth-order valence-electron chi connectivity index (χ4n) is 4.46. The van der Waals surface area contributed by atoms with Crippen LogP contribution in [0.1, 0.15) is 24.5 Å². The molecular weight excluding hydrogens is 600 g/mol. The van der Waals surface area contributed by atoms with Crippen molar-refractivity contribution >= 4 is 44.8 Å². The van der Waals surface area contributed by atoms with Crippen LogP contribution in [0.15, 0.2) is 65.6 Å². The number of rotatable bonds is 13. The van der Waals surface area contributed by atoms with E-state index in [0.29, 0.717) is 11.3 Å². The molecule has 0 unspecified atom stereocenters. The summed E-state index contributed by atoms with van der Waals surface area (Å²) >= 11 is 6.24. The van der Waals surface area contributed by atoms with E-state index in [2.05, 4.69) is 5.32 Å². The lowest BCUT2D eigenvalue weighted by Crippen LogP contribution is -2.51. The number of likely N-dealkylation sites (N-methyl/N-ethyl adjacent to an activating group) is 1. The molecule has 0 bridgehead atoms. The van der Waals surface area contributed by atoms with Crippen LogP contribution in [-0.2, 0) is 26.2 Å². The van der Waals surface area contributed by atoms with Crippen molar-refractivity contribution in [2.75, 3.05) is 32.1 Å². The molecule has 3 rings (SSSR count). The molecule has 0 fully saturated rings. The van der Waals surface area contributed by atoms with Crippen LogP contribution < -0.4 is 19.1 Å². The Morgan fingerprint density at radius 1 is 1.05 bits per heavy atom. The van der Waals surface area contributed by atoms with Crippen LogP contribution in [0.4, 0.5) is 11.4 Å².